The number of ether oxygens (including phenoxy) is 1. The lowest BCUT2D eigenvalue weighted by molar-refractivity contribution is 0.0663. The van der Waals surface area contributed by atoms with Crippen LogP contribution in [0.15, 0.2) is 42.5 Å². The number of aliphatic hydroxyl groups is 1. The van der Waals surface area contributed by atoms with Crippen molar-refractivity contribution in [1.82, 2.24) is 4.90 Å². The van der Waals surface area contributed by atoms with Crippen molar-refractivity contribution in [2.45, 2.75) is 6.10 Å². The Kier molecular flexibility index (Phi) is 7.70. The fraction of sp³-hybridized carbons (Fsp3) is 0.368. The minimum atomic E-state index is -0.843. The van der Waals surface area contributed by atoms with E-state index in [1.165, 1.54) is 18.2 Å². The van der Waals surface area contributed by atoms with Crippen LogP contribution in [0.1, 0.15) is 0 Å². The zero-order valence-corrected chi connectivity index (χ0v) is 15.8. The highest BCUT2D eigenvalue weighted by atomic mass is 32.1. The smallest absolute Gasteiger partial charge is 0.160 e. The summed E-state index contributed by atoms with van der Waals surface area (Å²) in [6.45, 7) is 3.43. The van der Waals surface area contributed by atoms with Crippen LogP contribution in [0, 0.1) is 11.6 Å². The Labute approximate surface area is 164 Å². The standard InChI is InChI=1S/C19H22F2N2O3.H2S/c20-18-6-1-14(11-19(18)21)23-9-7-22(8-10-23)12-16(25)13-26-17-4-2-15(24)3-5-17;/h1-6,11,16,24-25H,7-10,12-13H2;1H2/t16-;/m0./s1. The first kappa shape index (κ1) is 21.3. The Balaban J connectivity index is 0.00000261. The van der Waals surface area contributed by atoms with Gasteiger partial charge in [-0.05, 0) is 36.4 Å². The molecule has 0 bridgehead atoms. The first-order valence-electron chi connectivity index (χ1n) is 8.53. The second kappa shape index (κ2) is 9.77. The monoisotopic (exact) mass is 398 g/mol. The van der Waals surface area contributed by atoms with Gasteiger partial charge in [-0.2, -0.15) is 13.5 Å². The Hall–Kier alpha value is -2.03. The van der Waals surface area contributed by atoms with Crippen molar-refractivity contribution in [3.63, 3.8) is 0 Å². The summed E-state index contributed by atoms with van der Waals surface area (Å²) in [4.78, 5) is 4.11. The van der Waals surface area contributed by atoms with Crippen LogP contribution in [0.3, 0.4) is 0 Å². The molecule has 0 radical (unpaired) electrons. The molecule has 3 rings (SSSR count). The molecule has 0 unspecified atom stereocenters. The molecule has 8 heteroatoms. The largest absolute Gasteiger partial charge is 0.508 e. The molecule has 2 N–H and O–H groups in total. The quantitative estimate of drug-likeness (QED) is 0.782. The topological polar surface area (TPSA) is 56.2 Å². The maximum absolute atomic E-state index is 13.4. The van der Waals surface area contributed by atoms with E-state index in [1.54, 1.807) is 18.2 Å². The molecule has 148 valence electrons. The minimum Gasteiger partial charge on any atom is -0.508 e. The van der Waals surface area contributed by atoms with E-state index in [4.69, 9.17) is 4.74 Å². The summed E-state index contributed by atoms with van der Waals surface area (Å²) in [7, 11) is 0. The molecule has 1 fully saturated rings. The van der Waals surface area contributed by atoms with Crippen molar-refractivity contribution >= 4 is 19.2 Å². The molecule has 1 saturated heterocycles. The van der Waals surface area contributed by atoms with Gasteiger partial charge in [0, 0.05) is 44.5 Å². The van der Waals surface area contributed by atoms with Gasteiger partial charge in [0.25, 0.3) is 0 Å². The second-order valence-corrected chi connectivity index (χ2v) is 6.34. The van der Waals surface area contributed by atoms with Gasteiger partial charge in [-0.1, -0.05) is 0 Å². The number of piperazine rings is 1. The predicted octanol–water partition coefficient (Wildman–Crippen LogP) is 2.35. The van der Waals surface area contributed by atoms with Gasteiger partial charge in [0.15, 0.2) is 11.6 Å². The van der Waals surface area contributed by atoms with Gasteiger partial charge in [0.2, 0.25) is 0 Å². The number of aromatic hydroxyl groups is 1. The van der Waals surface area contributed by atoms with Crippen LogP contribution >= 0.6 is 13.5 Å². The zero-order valence-electron chi connectivity index (χ0n) is 14.8. The summed E-state index contributed by atoms with van der Waals surface area (Å²) in [5.41, 5.74) is 0.666. The van der Waals surface area contributed by atoms with E-state index < -0.39 is 17.7 Å². The number of phenolic OH excluding ortho intramolecular Hbond substituents is 1. The van der Waals surface area contributed by atoms with Gasteiger partial charge < -0.3 is 19.8 Å². The molecule has 1 aliphatic heterocycles. The molecule has 1 aliphatic rings. The third-order valence-corrected chi connectivity index (χ3v) is 4.39. The Bertz CT molecular complexity index is 725. The van der Waals surface area contributed by atoms with Crippen LogP contribution in [0.25, 0.3) is 0 Å². The van der Waals surface area contributed by atoms with E-state index >= 15 is 0 Å². The van der Waals surface area contributed by atoms with Crippen molar-refractivity contribution in [3.8, 4) is 11.5 Å². The first-order valence-corrected chi connectivity index (χ1v) is 8.53. The van der Waals surface area contributed by atoms with Crippen molar-refractivity contribution < 1.29 is 23.7 Å². The molecular weight excluding hydrogens is 374 g/mol. The summed E-state index contributed by atoms with van der Waals surface area (Å²) in [6, 6.07) is 10.3. The number of β-amino-alcohol motifs (C(OH)–C–C–N with tert-alkyl or cyclic N) is 1. The molecule has 0 amide bonds. The maximum Gasteiger partial charge on any atom is 0.160 e. The van der Waals surface area contributed by atoms with Crippen LogP contribution in [0.5, 0.6) is 11.5 Å². The number of anilines is 1. The van der Waals surface area contributed by atoms with Crippen molar-refractivity contribution in [2.24, 2.45) is 0 Å². The molecule has 1 atom stereocenters. The fourth-order valence-electron chi connectivity index (χ4n) is 2.96. The molecule has 27 heavy (non-hydrogen) atoms. The summed E-state index contributed by atoms with van der Waals surface area (Å²) < 4.78 is 31.9. The third kappa shape index (κ3) is 5.98. The zero-order chi connectivity index (χ0) is 18.5. The second-order valence-electron chi connectivity index (χ2n) is 6.34. The van der Waals surface area contributed by atoms with Gasteiger partial charge in [-0.15, -0.1) is 0 Å². The number of nitrogens with zero attached hydrogens (tertiary/aromatic N) is 2. The van der Waals surface area contributed by atoms with Gasteiger partial charge in [0.05, 0.1) is 0 Å². The highest BCUT2D eigenvalue weighted by Crippen LogP contribution is 2.20. The Morgan fingerprint density at radius 1 is 0.963 bits per heavy atom. The van der Waals surface area contributed by atoms with Gasteiger partial charge >= 0.3 is 0 Å². The van der Waals surface area contributed by atoms with E-state index in [1.807, 2.05) is 4.90 Å². The number of aliphatic hydroxyl groups excluding tert-OH is 1. The lowest BCUT2D eigenvalue weighted by atomic mass is 10.2. The van der Waals surface area contributed by atoms with E-state index in [0.29, 0.717) is 31.1 Å². The average molecular weight is 398 g/mol. The highest BCUT2D eigenvalue weighted by molar-refractivity contribution is 7.59. The summed E-state index contributed by atoms with van der Waals surface area (Å²) >= 11 is 0. The minimum absolute atomic E-state index is 0. The maximum atomic E-state index is 13.4. The number of halogens is 2. The number of hydrogen-bond donors (Lipinski definition) is 2. The summed E-state index contributed by atoms with van der Waals surface area (Å²) in [6.07, 6.45) is -0.640. The van der Waals surface area contributed by atoms with Crippen molar-refractivity contribution in [1.29, 1.82) is 0 Å². The molecule has 2 aromatic rings. The SMILES string of the molecule is Oc1ccc(OC[C@@H](O)CN2CCN(c3ccc(F)c(F)c3)CC2)cc1.S. The summed E-state index contributed by atoms with van der Waals surface area (Å²) in [5.74, 6) is -0.933. The lowest BCUT2D eigenvalue weighted by Gasteiger charge is -2.36. The number of hydrogen-bond acceptors (Lipinski definition) is 5. The van der Waals surface area contributed by atoms with Crippen LogP contribution in [-0.2, 0) is 0 Å². The van der Waals surface area contributed by atoms with Gasteiger partial charge in [-0.3, -0.25) is 4.90 Å². The Morgan fingerprint density at radius 3 is 2.26 bits per heavy atom. The van der Waals surface area contributed by atoms with Crippen molar-refractivity contribution in [3.05, 3.63) is 54.1 Å². The average Bonchev–Trinajstić information content (AvgIpc) is 2.64. The van der Waals surface area contributed by atoms with Gasteiger partial charge in [0.1, 0.15) is 24.2 Å². The van der Waals surface area contributed by atoms with E-state index in [-0.39, 0.29) is 25.9 Å². The van der Waals surface area contributed by atoms with Crippen molar-refractivity contribution in [2.75, 3.05) is 44.2 Å². The molecule has 5 nitrogen and oxygen atoms in total. The third-order valence-electron chi connectivity index (χ3n) is 4.39. The molecule has 1 heterocycles. The molecule has 0 spiro atoms. The normalized spacial score (nSPS) is 15.9. The molecule has 0 saturated carbocycles. The van der Waals surface area contributed by atoms with Crippen LogP contribution in [0.2, 0.25) is 0 Å². The molecular formula is C19H24F2N2O3S. The lowest BCUT2D eigenvalue weighted by Crippen LogP contribution is -2.49. The molecule has 2 aromatic carbocycles. The molecule has 0 aliphatic carbocycles. The van der Waals surface area contributed by atoms with E-state index in [0.717, 1.165) is 19.2 Å². The number of benzene rings is 2. The number of phenols is 1. The summed E-state index contributed by atoms with van der Waals surface area (Å²) in [5, 5.41) is 19.4. The predicted molar refractivity (Wildman–Crippen MR) is 105 cm³/mol. The first-order chi connectivity index (χ1) is 12.5. The molecule has 0 aromatic heterocycles. The van der Waals surface area contributed by atoms with E-state index in [9.17, 15) is 19.0 Å². The number of rotatable bonds is 6. The van der Waals surface area contributed by atoms with E-state index in [2.05, 4.69) is 4.90 Å². The van der Waals surface area contributed by atoms with Crippen LogP contribution < -0.4 is 9.64 Å². The Morgan fingerprint density at radius 2 is 1.63 bits per heavy atom. The van der Waals surface area contributed by atoms with Crippen LogP contribution in [0.4, 0.5) is 14.5 Å². The van der Waals surface area contributed by atoms with Gasteiger partial charge in [-0.25, -0.2) is 8.78 Å². The fourth-order valence-corrected chi connectivity index (χ4v) is 2.96. The highest BCUT2D eigenvalue weighted by Gasteiger charge is 2.20. The van der Waals surface area contributed by atoms with Crippen LogP contribution in [-0.4, -0.2) is 60.5 Å².